The molecule has 3 amide bonds. The standard InChI is InChI=1S/C20H17FN2O5/c21-16-8-4-2-6-14(16)10-22-17(24)12-28-19(26)11-23-18(25)9-13-5-1-3-7-15(13)20(23)27/h1-8H,9-12H2,(H,22,24). The van der Waals surface area contributed by atoms with Crippen molar-refractivity contribution >= 4 is 23.7 Å². The summed E-state index contributed by atoms with van der Waals surface area (Å²) >= 11 is 0. The fourth-order valence-corrected chi connectivity index (χ4v) is 2.77. The molecule has 8 heteroatoms. The second-order valence-electron chi connectivity index (χ2n) is 6.15. The summed E-state index contributed by atoms with van der Waals surface area (Å²) in [6.45, 7) is -1.23. The Morgan fingerprint density at radius 2 is 1.79 bits per heavy atom. The van der Waals surface area contributed by atoms with E-state index in [4.69, 9.17) is 4.74 Å². The third kappa shape index (κ3) is 4.40. The van der Waals surface area contributed by atoms with E-state index in [-0.39, 0.29) is 13.0 Å². The van der Waals surface area contributed by atoms with Gasteiger partial charge in [-0.2, -0.15) is 0 Å². The second kappa shape index (κ2) is 8.43. The zero-order valence-electron chi connectivity index (χ0n) is 14.8. The monoisotopic (exact) mass is 384 g/mol. The Morgan fingerprint density at radius 1 is 1.07 bits per heavy atom. The molecule has 1 heterocycles. The van der Waals surface area contributed by atoms with Gasteiger partial charge in [-0.05, 0) is 17.7 Å². The van der Waals surface area contributed by atoms with Gasteiger partial charge >= 0.3 is 5.97 Å². The number of benzene rings is 2. The van der Waals surface area contributed by atoms with E-state index < -0.39 is 42.7 Å². The molecule has 7 nitrogen and oxygen atoms in total. The first kappa shape index (κ1) is 19.2. The Bertz CT molecular complexity index is 944. The smallest absolute Gasteiger partial charge is 0.326 e. The number of nitrogens with one attached hydrogen (secondary N) is 1. The highest BCUT2D eigenvalue weighted by molar-refractivity contribution is 6.11. The van der Waals surface area contributed by atoms with Crippen LogP contribution in [0.25, 0.3) is 0 Å². The normalized spacial score (nSPS) is 13.1. The summed E-state index contributed by atoms with van der Waals surface area (Å²) in [4.78, 5) is 49.0. The van der Waals surface area contributed by atoms with Crippen molar-refractivity contribution in [3.8, 4) is 0 Å². The molecule has 3 rings (SSSR count). The minimum Gasteiger partial charge on any atom is -0.454 e. The lowest BCUT2D eigenvalue weighted by Gasteiger charge is -2.25. The highest BCUT2D eigenvalue weighted by atomic mass is 19.1. The molecule has 0 saturated heterocycles. The third-order valence-electron chi connectivity index (χ3n) is 4.22. The van der Waals surface area contributed by atoms with E-state index in [9.17, 15) is 23.6 Å². The van der Waals surface area contributed by atoms with E-state index in [2.05, 4.69) is 5.32 Å². The number of fused-ring (bicyclic) bond motifs is 1. The molecule has 1 aliphatic heterocycles. The molecule has 0 unspecified atom stereocenters. The maximum absolute atomic E-state index is 13.5. The average molecular weight is 384 g/mol. The fraction of sp³-hybridized carbons (Fsp3) is 0.200. The van der Waals surface area contributed by atoms with E-state index in [1.807, 2.05) is 0 Å². The third-order valence-corrected chi connectivity index (χ3v) is 4.22. The number of imide groups is 1. The lowest BCUT2D eigenvalue weighted by Crippen LogP contribution is -2.45. The molecule has 0 radical (unpaired) electrons. The van der Waals surface area contributed by atoms with Crippen molar-refractivity contribution in [2.24, 2.45) is 0 Å². The molecule has 144 valence electrons. The molecular weight excluding hydrogens is 367 g/mol. The van der Waals surface area contributed by atoms with Gasteiger partial charge in [-0.3, -0.25) is 24.1 Å². The molecular formula is C20H17FN2O5. The topological polar surface area (TPSA) is 92.8 Å². The van der Waals surface area contributed by atoms with Gasteiger partial charge in [-0.25, -0.2) is 4.39 Å². The van der Waals surface area contributed by atoms with E-state index in [1.54, 1.807) is 30.3 Å². The lowest BCUT2D eigenvalue weighted by atomic mass is 9.98. The quantitative estimate of drug-likeness (QED) is 0.597. The van der Waals surface area contributed by atoms with Crippen LogP contribution in [-0.4, -0.2) is 41.7 Å². The SMILES string of the molecule is O=C(COC(=O)CN1C(=O)Cc2ccccc2C1=O)NCc1ccccc1F. The number of amides is 3. The summed E-state index contributed by atoms with van der Waals surface area (Å²) in [5.74, 6) is -3.06. The van der Waals surface area contributed by atoms with Crippen LogP contribution in [0.4, 0.5) is 4.39 Å². The number of rotatable bonds is 6. The van der Waals surface area contributed by atoms with Crippen LogP contribution in [-0.2, 0) is 32.1 Å². The number of nitrogens with zero attached hydrogens (tertiary/aromatic N) is 1. The van der Waals surface area contributed by atoms with Crippen molar-refractivity contribution in [3.05, 3.63) is 71.0 Å². The van der Waals surface area contributed by atoms with Crippen LogP contribution in [0.3, 0.4) is 0 Å². The van der Waals surface area contributed by atoms with Gasteiger partial charge in [-0.15, -0.1) is 0 Å². The first-order chi connectivity index (χ1) is 13.5. The largest absolute Gasteiger partial charge is 0.454 e. The maximum atomic E-state index is 13.5. The summed E-state index contributed by atoms with van der Waals surface area (Å²) in [7, 11) is 0. The van der Waals surface area contributed by atoms with Gasteiger partial charge in [0.2, 0.25) is 5.91 Å². The second-order valence-corrected chi connectivity index (χ2v) is 6.15. The molecule has 0 bridgehead atoms. The molecule has 2 aromatic rings. The Hall–Kier alpha value is -3.55. The van der Waals surface area contributed by atoms with Crippen LogP contribution >= 0.6 is 0 Å². The number of hydrogen-bond donors (Lipinski definition) is 1. The minimum atomic E-state index is -0.887. The average Bonchev–Trinajstić information content (AvgIpc) is 2.69. The highest BCUT2D eigenvalue weighted by Gasteiger charge is 2.32. The minimum absolute atomic E-state index is 0.0122. The molecule has 0 saturated carbocycles. The van der Waals surface area contributed by atoms with Crippen LogP contribution in [0, 0.1) is 5.82 Å². The lowest BCUT2D eigenvalue weighted by molar-refractivity contribution is -0.151. The molecule has 1 aliphatic rings. The highest BCUT2D eigenvalue weighted by Crippen LogP contribution is 2.19. The number of ether oxygens (including phenoxy) is 1. The molecule has 28 heavy (non-hydrogen) atoms. The van der Waals surface area contributed by atoms with Crippen LogP contribution < -0.4 is 5.32 Å². The van der Waals surface area contributed by atoms with Crippen LogP contribution in [0.2, 0.25) is 0 Å². The number of carbonyl (C=O) groups is 4. The number of esters is 1. The summed E-state index contributed by atoms with van der Waals surface area (Å²) in [6, 6.07) is 12.6. The first-order valence-electron chi connectivity index (χ1n) is 8.54. The summed E-state index contributed by atoms with van der Waals surface area (Å²) < 4.78 is 18.3. The summed E-state index contributed by atoms with van der Waals surface area (Å²) in [6.07, 6.45) is 0.0122. The van der Waals surface area contributed by atoms with Gasteiger partial charge in [-0.1, -0.05) is 36.4 Å². The van der Waals surface area contributed by atoms with Crippen molar-refractivity contribution in [2.75, 3.05) is 13.2 Å². The summed E-state index contributed by atoms with van der Waals surface area (Å²) in [5.41, 5.74) is 1.26. The predicted molar refractivity (Wildman–Crippen MR) is 95.4 cm³/mol. The van der Waals surface area contributed by atoms with Crippen molar-refractivity contribution < 1.29 is 28.3 Å². The number of halogens is 1. The van der Waals surface area contributed by atoms with Gasteiger partial charge in [0.1, 0.15) is 12.4 Å². The number of carbonyl (C=O) groups excluding carboxylic acids is 4. The van der Waals surface area contributed by atoms with Gasteiger partial charge in [0.25, 0.3) is 11.8 Å². The van der Waals surface area contributed by atoms with Gasteiger partial charge in [0.15, 0.2) is 6.61 Å². The zero-order chi connectivity index (χ0) is 20.1. The maximum Gasteiger partial charge on any atom is 0.326 e. The van der Waals surface area contributed by atoms with Gasteiger partial charge in [0.05, 0.1) is 6.42 Å². The van der Waals surface area contributed by atoms with Crippen molar-refractivity contribution in [1.29, 1.82) is 0 Å². The summed E-state index contributed by atoms with van der Waals surface area (Å²) in [5, 5.41) is 2.43. The molecule has 2 aromatic carbocycles. The Balaban J connectivity index is 1.49. The van der Waals surface area contributed by atoms with Crippen LogP contribution in [0.1, 0.15) is 21.5 Å². The van der Waals surface area contributed by atoms with Crippen LogP contribution in [0.15, 0.2) is 48.5 Å². The predicted octanol–water partition coefficient (Wildman–Crippen LogP) is 1.21. The molecule has 0 atom stereocenters. The Morgan fingerprint density at radius 3 is 2.57 bits per heavy atom. The molecule has 0 fully saturated rings. The van der Waals surface area contributed by atoms with E-state index in [0.29, 0.717) is 16.7 Å². The fourth-order valence-electron chi connectivity index (χ4n) is 2.77. The Labute approximate surface area is 160 Å². The molecule has 0 aromatic heterocycles. The van der Waals surface area contributed by atoms with Gasteiger partial charge in [0, 0.05) is 17.7 Å². The van der Waals surface area contributed by atoms with Crippen LogP contribution in [0.5, 0.6) is 0 Å². The van der Waals surface area contributed by atoms with E-state index >= 15 is 0 Å². The molecule has 0 spiro atoms. The zero-order valence-corrected chi connectivity index (χ0v) is 14.8. The first-order valence-corrected chi connectivity index (χ1v) is 8.54. The molecule has 1 N–H and O–H groups in total. The molecule has 0 aliphatic carbocycles. The van der Waals surface area contributed by atoms with E-state index in [1.165, 1.54) is 18.2 Å². The number of hydrogen-bond acceptors (Lipinski definition) is 5. The van der Waals surface area contributed by atoms with Crippen molar-refractivity contribution in [2.45, 2.75) is 13.0 Å². The van der Waals surface area contributed by atoms with Crippen molar-refractivity contribution in [1.82, 2.24) is 10.2 Å². The van der Waals surface area contributed by atoms with Crippen molar-refractivity contribution in [3.63, 3.8) is 0 Å². The van der Waals surface area contributed by atoms with Gasteiger partial charge < -0.3 is 10.1 Å². The Kier molecular flexibility index (Phi) is 5.78. The van der Waals surface area contributed by atoms with E-state index in [0.717, 1.165) is 4.90 Å².